The molecule has 0 N–H and O–H groups in total. The third-order valence-corrected chi connectivity index (χ3v) is 10.0. The molecule has 0 saturated carbocycles. The van der Waals surface area contributed by atoms with Gasteiger partial charge >= 0.3 is 171 Å². The van der Waals surface area contributed by atoms with E-state index in [0.717, 1.165) is 6.42 Å². The molecule has 0 unspecified atom stereocenters. The van der Waals surface area contributed by atoms with Gasteiger partial charge < -0.3 is 0 Å². The van der Waals surface area contributed by atoms with Crippen LogP contribution in [-0.4, -0.2) is 13.3 Å². The predicted octanol–water partition coefficient (Wildman–Crippen LogP) is 6.13. The van der Waals surface area contributed by atoms with Crippen LogP contribution in [0.4, 0.5) is 0 Å². The summed E-state index contributed by atoms with van der Waals surface area (Å²) in [5.41, 5.74) is 7.21. The minimum absolute atomic E-state index is 0.680. The Kier molecular flexibility index (Phi) is 7.35. The van der Waals surface area contributed by atoms with Crippen molar-refractivity contribution in [2.24, 2.45) is 13.0 Å². The van der Waals surface area contributed by atoms with Gasteiger partial charge in [-0.2, -0.15) is 0 Å². The monoisotopic (exact) mass is 428 g/mol. The van der Waals surface area contributed by atoms with Crippen molar-refractivity contribution in [3.63, 3.8) is 0 Å². The molecule has 0 fully saturated rings. The van der Waals surface area contributed by atoms with Crippen molar-refractivity contribution >= 4 is 17.7 Å². The second kappa shape index (κ2) is 8.94. The van der Waals surface area contributed by atoms with Crippen molar-refractivity contribution in [1.82, 2.24) is 0 Å². The third-order valence-electron chi connectivity index (χ3n) is 5.75. The van der Waals surface area contributed by atoms with Crippen LogP contribution in [-0.2, 0) is 13.5 Å². The average Bonchev–Trinajstić information content (AvgIpc) is 2.55. The average molecular weight is 427 g/mol. The molecule has 1 heterocycles. The molecule has 0 bridgehead atoms. The molecule has 2 aromatic rings. The molecule has 1 aromatic heterocycles. The number of rotatable bonds is 7. The van der Waals surface area contributed by atoms with E-state index in [-0.39, 0.29) is 0 Å². The van der Waals surface area contributed by atoms with Crippen LogP contribution in [0.2, 0.25) is 17.3 Å². The summed E-state index contributed by atoms with van der Waals surface area (Å²) in [4.78, 5) is 0. The number of hydrogen-bond donors (Lipinski definition) is 0. The Labute approximate surface area is 170 Å². The predicted molar refractivity (Wildman–Crippen MR) is 123 cm³/mol. The van der Waals surface area contributed by atoms with Gasteiger partial charge in [0.05, 0.1) is 0 Å². The number of nitrogens with zero attached hydrogens (tertiary/aromatic N) is 1. The maximum absolute atomic E-state index is 2.54. The van der Waals surface area contributed by atoms with E-state index < -0.39 is 13.3 Å². The SMILES string of the molecule is CCC(CC)c1c[n+](C)c(-c2ccc(CC(C)C)cc2C)c[c]1[Ge]([CH3])([CH3])[CH3]. The Morgan fingerprint density at radius 2 is 1.63 bits per heavy atom. The van der Waals surface area contributed by atoms with E-state index in [9.17, 15) is 0 Å². The van der Waals surface area contributed by atoms with Crippen LogP contribution in [0.15, 0.2) is 30.5 Å². The minimum atomic E-state index is -1.97. The molecule has 0 amide bonds. The fourth-order valence-electron chi connectivity index (χ4n) is 4.25. The van der Waals surface area contributed by atoms with Crippen LogP contribution in [0, 0.1) is 12.8 Å². The molecule has 27 heavy (non-hydrogen) atoms. The Balaban J connectivity index is 2.61. The molecule has 0 radical (unpaired) electrons. The first-order valence-corrected chi connectivity index (χ1v) is 18.1. The van der Waals surface area contributed by atoms with E-state index in [0.29, 0.717) is 11.8 Å². The van der Waals surface area contributed by atoms with Crippen LogP contribution in [0.5, 0.6) is 0 Å². The molecule has 0 aliphatic rings. The Bertz CT molecular complexity index is 780. The molecular formula is C25H40GeN+. The standard InChI is InChI=1S/C25H40GeN/c1-10-21(11-2)23-17-27(9)25(16-24(23)26(6,7)8)22-13-12-20(14-18(3)4)15-19(22)5/h12-13,15-18,21H,10-11,14H2,1-9H3/q+1. The fraction of sp³-hybridized carbons (Fsp3) is 0.560. The second-order valence-electron chi connectivity index (χ2n) is 9.65. The summed E-state index contributed by atoms with van der Waals surface area (Å²) >= 11 is -1.97. The summed E-state index contributed by atoms with van der Waals surface area (Å²) < 4.78 is 4.05. The number of aryl methyl sites for hydroxylation is 2. The molecule has 1 aromatic carbocycles. The Morgan fingerprint density at radius 1 is 1.00 bits per heavy atom. The van der Waals surface area contributed by atoms with Crippen molar-refractivity contribution in [1.29, 1.82) is 0 Å². The fourth-order valence-corrected chi connectivity index (χ4v) is 7.83. The van der Waals surface area contributed by atoms with Gasteiger partial charge in [-0.3, -0.25) is 0 Å². The van der Waals surface area contributed by atoms with Crippen LogP contribution >= 0.6 is 0 Å². The summed E-state index contributed by atoms with van der Waals surface area (Å²) in [6.45, 7) is 11.5. The van der Waals surface area contributed by atoms with Crippen molar-refractivity contribution < 1.29 is 4.57 Å². The van der Waals surface area contributed by atoms with E-state index in [1.54, 1.807) is 9.96 Å². The summed E-state index contributed by atoms with van der Waals surface area (Å²) in [7, 11) is 2.22. The van der Waals surface area contributed by atoms with Gasteiger partial charge in [0.2, 0.25) is 0 Å². The van der Waals surface area contributed by atoms with Gasteiger partial charge in [-0.25, -0.2) is 0 Å². The molecule has 148 valence electrons. The van der Waals surface area contributed by atoms with E-state index >= 15 is 0 Å². The van der Waals surface area contributed by atoms with E-state index in [2.05, 4.69) is 94.0 Å². The van der Waals surface area contributed by atoms with Gasteiger partial charge in [0.15, 0.2) is 0 Å². The van der Waals surface area contributed by atoms with E-state index in [4.69, 9.17) is 0 Å². The van der Waals surface area contributed by atoms with Crippen molar-refractivity contribution in [3.05, 3.63) is 47.2 Å². The van der Waals surface area contributed by atoms with Gasteiger partial charge in [0.1, 0.15) is 0 Å². The number of hydrogen-bond acceptors (Lipinski definition) is 0. The number of benzene rings is 1. The van der Waals surface area contributed by atoms with Crippen molar-refractivity contribution in [2.45, 2.75) is 77.1 Å². The van der Waals surface area contributed by atoms with Crippen LogP contribution in [0.3, 0.4) is 0 Å². The first-order valence-electron chi connectivity index (χ1n) is 10.7. The molecule has 2 rings (SSSR count). The van der Waals surface area contributed by atoms with Crippen LogP contribution in [0.25, 0.3) is 11.3 Å². The van der Waals surface area contributed by atoms with Crippen LogP contribution in [0.1, 0.15) is 63.1 Å². The molecule has 2 heteroatoms. The summed E-state index contributed by atoms with van der Waals surface area (Å²) in [6.07, 6.45) is 6.05. The Hall–Kier alpha value is -1.09. The van der Waals surface area contributed by atoms with Gasteiger partial charge in [-0.1, -0.05) is 0 Å². The summed E-state index contributed by atoms with van der Waals surface area (Å²) in [5.74, 6) is 8.97. The first kappa shape index (κ1) is 22.2. The van der Waals surface area contributed by atoms with E-state index in [1.165, 1.54) is 35.2 Å². The van der Waals surface area contributed by atoms with Gasteiger partial charge in [-0.15, -0.1) is 0 Å². The molecule has 0 saturated heterocycles. The summed E-state index contributed by atoms with van der Waals surface area (Å²) in [6, 6.07) is 9.61. The van der Waals surface area contributed by atoms with E-state index in [1.807, 2.05) is 0 Å². The third kappa shape index (κ3) is 5.25. The zero-order valence-corrected chi connectivity index (χ0v) is 21.2. The topological polar surface area (TPSA) is 3.88 Å². The maximum atomic E-state index is 2.54. The summed E-state index contributed by atoms with van der Waals surface area (Å²) in [5, 5.41) is 0. The molecule has 0 aliphatic carbocycles. The van der Waals surface area contributed by atoms with Gasteiger partial charge in [0.25, 0.3) is 0 Å². The zero-order valence-electron chi connectivity index (χ0n) is 19.1. The molecule has 1 nitrogen and oxygen atoms in total. The van der Waals surface area contributed by atoms with Gasteiger partial charge in [-0.05, 0) is 0 Å². The number of pyridine rings is 1. The molecule has 0 spiro atoms. The van der Waals surface area contributed by atoms with Crippen molar-refractivity contribution in [3.8, 4) is 11.3 Å². The number of aromatic nitrogens is 1. The van der Waals surface area contributed by atoms with Crippen molar-refractivity contribution in [2.75, 3.05) is 0 Å². The molecule has 0 aliphatic heterocycles. The first-order chi connectivity index (χ1) is 12.6. The molecular weight excluding hydrogens is 387 g/mol. The van der Waals surface area contributed by atoms with Crippen LogP contribution < -0.4 is 8.96 Å². The van der Waals surface area contributed by atoms with Gasteiger partial charge in [0, 0.05) is 0 Å². The Morgan fingerprint density at radius 3 is 2.11 bits per heavy atom. The molecule has 0 atom stereocenters. The zero-order chi connectivity index (χ0) is 20.4. The quantitative estimate of drug-likeness (QED) is 0.370. The normalized spacial score (nSPS) is 12.3. The second-order valence-corrected chi connectivity index (χ2v) is 20.2.